The maximum absolute atomic E-state index is 3.48. The number of nitrogens with zero attached hydrogens (tertiary/aromatic N) is 2. The van der Waals surface area contributed by atoms with Crippen LogP contribution in [-0.4, -0.2) is 26.2 Å². The molecule has 0 aromatic heterocycles. The molecule has 0 spiro atoms. The zero-order valence-corrected chi connectivity index (χ0v) is 12.4. The van der Waals surface area contributed by atoms with E-state index < -0.39 is 0 Å². The molecule has 1 saturated heterocycles. The third kappa shape index (κ3) is 2.92. The van der Waals surface area contributed by atoms with Gasteiger partial charge >= 0.3 is 0 Å². The number of benzene rings is 2. The molecule has 0 atom stereocenters. The predicted octanol–water partition coefficient (Wildman–Crippen LogP) is 3.78. The summed E-state index contributed by atoms with van der Waals surface area (Å²) in [6, 6.07) is 19.3. The summed E-state index contributed by atoms with van der Waals surface area (Å²) in [4.78, 5) is 4.90. The molecular formula is C16H17BrN2. The van der Waals surface area contributed by atoms with Gasteiger partial charge in [0.25, 0.3) is 0 Å². The van der Waals surface area contributed by atoms with Crippen molar-refractivity contribution >= 4 is 27.3 Å². The third-order valence-corrected chi connectivity index (χ3v) is 4.12. The summed E-state index contributed by atoms with van der Waals surface area (Å²) >= 11 is 3.48. The molecule has 2 aromatic carbocycles. The smallest absolute Gasteiger partial charge is 0.0368 e. The van der Waals surface area contributed by atoms with Crippen LogP contribution in [0.25, 0.3) is 0 Å². The van der Waals surface area contributed by atoms with E-state index in [9.17, 15) is 0 Å². The Morgan fingerprint density at radius 3 is 1.63 bits per heavy atom. The van der Waals surface area contributed by atoms with Gasteiger partial charge in [0.15, 0.2) is 0 Å². The van der Waals surface area contributed by atoms with Crippen molar-refractivity contribution in [2.75, 3.05) is 36.0 Å². The molecular weight excluding hydrogens is 300 g/mol. The molecule has 2 nitrogen and oxygen atoms in total. The van der Waals surface area contributed by atoms with Crippen LogP contribution in [0.3, 0.4) is 0 Å². The fourth-order valence-corrected chi connectivity index (χ4v) is 2.78. The first-order chi connectivity index (χ1) is 9.33. The maximum Gasteiger partial charge on any atom is 0.0368 e. The van der Waals surface area contributed by atoms with E-state index in [0.29, 0.717) is 0 Å². The molecule has 98 valence electrons. The van der Waals surface area contributed by atoms with Gasteiger partial charge in [-0.05, 0) is 36.4 Å². The summed E-state index contributed by atoms with van der Waals surface area (Å²) in [5.74, 6) is 0. The largest absolute Gasteiger partial charge is 0.368 e. The predicted molar refractivity (Wildman–Crippen MR) is 85.0 cm³/mol. The average Bonchev–Trinajstić information content (AvgIpc) is 2.49. The van der Waals surface area contributed by atoms with Crippen LogP contribution in [0, 0.1) is 0 Å². The number of anilines is 2. The summed E-state index contributed by atoms with van der Waals surface area (Å²) < 4.78 is 1.14. The SMILES string of the molecule is Brc1ccc(N2CCN(c3ccccc3)CC2)cc1. The van der Waals surface area contributed by atoms with Gasteiger partial charge in [0.05, 0.1) is 0 Å². The van der Waals surface area contributed by atoms with Gasteiger partial charge in [-0.1, -0.05) is 34.1 Å². The topological polar surface area (TPSA) is 6.48 Å². The zero-order chi connectivity index (χ0) is 13.1. The van der Waals surface area contributed by atoms with E-state index in [-0.39, 0.29) is 0 Å². The average molecular weight is 317 g/mol. The lowest BCUT2D eigenvalue weighted by Crippen LogP contribution is -2.46. The van der Waals surface area contributed by atoms with Gasteiger partial charge in [-0.15, -0.1) is 0 Å². The highest BCUT2D eigenvalue weighted by molar-refractivity contribution is 9.10. The first kappa shape index (κ1) is 12.5. The van der Waals surface area contributed by atoms with E-state index in [1.165, 1.54) is 11.4 Å². The molecule has 0 bridgehead atoms. The van der Waals surface area contributed by atoms with Crippen molar-refractivity contribution < 1.29 is 0 Å². The second kappa shape index (κ2) is 5.66. The fraction of sp³-hybridized carbons (Fsp3) is 0.250. The van der Waals surface area contributed by atoms with Gasteiger partial charge in [0.2, 0.25) is 0 Å². The Bertz CT molecular complexity index is 516. The highest BCUT2D eigenvalue weighted by Gasteiger charge is 2.17. The number of rotatable bonds is 2. The number of halogens is 1. The van der Waals surface area contributed by atoms with E-state index in [2.05, 4.69) is 80.3 Å². The molecule has 2 aromatic rings. The van der Waals surface area contributed by atoms with Crippen LogP contribution in [0.4, 0.5) is 11.4 Å². The number of para-hydroxylation sites is 1. The number of hydrogen-bond acceptors (Lipinski definition) is 2. The van der Waals surface area contributed by atoms with Gasteiger partial charge in [-0.3, -0.25) is 0 Å². The van der Waals surface area contributed by atoms with Crippen molar-refractivity contribution in [1.82, 2.24) is 0 Å². The molecule has 0 saturated carbocycles. The highest BCUT2D eigenvalue weighted by Crippen LogP contribution is 2.22. The van der Waals surface area contributed by atoms with Gasteiger partial charge in [-0.2, -0.15) is 0 Å². The van der Waals surface area contributed by atoms with E-state index in [4.69, 9.17) is 0 Å². The van der Waals surface area contributed by atoms with Crippen molar-refractivity contribution in [3.63, 3.8) is 0 Å². The molecule has 0 aliphatic carbocycles. The summed E-state index contributed by atoms with van der Waals surface area (Å²) in [5, 5.41) is 0. The molecule has 1 fully saturated rings. The second-order valence-corrected chi connectivity index (χ2v) is 5.70. The lowest BCUT2D eigenvalue weighted by molar-refractivity contribution is 0.653. The Kier molecular flexibility index (Phi) is 3.74. The Hall–Kier alpha value is -1.48. The Labute approximate surface area is 122 Å². The van der Waals surface area contributed by atoms with Gasteiger partial charge in [-0.25, -0.2) is 0 Å². The van der Waals surface area contributed by atoms with Crippen LogP contribution in [0.2, 0.25) is 0 Å². The van der Waals surface area contributed by atoms with Gasteiger partial charge in [0.1, 0.15) is 0 Å². The van der Waals surface area contributed by atoms with Crippen LogP contribution in [0.1, 0.15) is 0 Å². The summed E-state index contributed by atoms with van der Waals surface area (Å²) in [7, 11) is 0. The quantitative estimate of drug-likeness (QED) is 0.832. The lowest BCUT2D eigenvalue weighted by atomic mass is 10.2. The molecule has 0 amide bonds. The minimum Gasteiger partial charge on any atom is -0.368 e. The van der Waals surface area contributed by atoms with E-state index in [0.717, 1.165) is 30.7 Å². The molecule has 3 heteroatoms. The Morgan fingerprint density at radius 1 is 0.632 bits per heavy atom. The molecule has 1 aliphatic rings. The molecule has 0 unspecified atom stereocenters. The van der Waals surface area contributed by atoms with Gasteiger partial charge in [0, 0.05) is 42.0 Å². The Morgan fingerprint density at radius 2 is 1.11 bits per heavy atom. The molecule has 19 heavy (non-hydrogen) atoms. The minimum atomic E-state index is 1.08. The molecule has 0 radical (unpaired) electrons. The second-order valence-electron chi connectivity index (χ2n) is 4.79. The monoisotopic (exact) mass is 316 g/mol. The van der Waals surface area contributed by atoms with Crippen LogP contribution >= 0.6 is 15.9 Å². The van der Waals surface area contributed by atoms with E-state index >= 15 is 0 Å². The van der Waals surface area contributed by atoms with Crippen molar-refractivity contribution in [3.8, 4) is 0 Å². The minimum absolute atomic E-state index is 1.08. The van der Waals surface area contributed by atoms with Crippen molar-refractivity contribution in [3.05, 3.63) is 59.1 Å². The first-order valence-electron chi connectivity index (χ1n) is 6.63. The summed E-state index contributed by atoms with van der Waals surface area (Å²) in [5.41, 5.74) is 2.65. The van der Waals surface area contributed by atoms with Crippen LogP contribution in [0.5, 0.6) is 0 Å². The summed E-state index contributed by atoms with van der Waals surface area (Å²) in [6.45, 7) is 4.33. The van der Waals surface area contributed by atoms with Crippen molar-refractivity contribution in [2.45, 2.75) is 0 Å². The van der Waals surface area contributed by atoms with E-state index in [1.54, 1.807) is 0 Å². The number of piperazine rings is 1. The van der Waals surface area contributed by atoms with Crippen molar-refractivity contribution in [2.24, 2.45) is 0 Å². The lowest BCUT2D eigenvalue weighted by Gasteiger charge is -2.37. The van der Waals surface area contributed by atoms with Crippen LogP contribution in [-0.2, 0) is 0 Å². The number of hydrogen-bond donors (Lipinski definition) is 0. The molecule has 0 N–H and O–H groups in total. The summed E-state index contributed by atoms with van der Waals surface area (Å²) in [6.07, 6.45) is 0. The fourth-order valence-electron chi connectivity index (χ4n) is 2.51. The van der Waals surface area contributed by atoms with Gasteiger partial charge < -0.3 is 9.80 Å². The first-order valence-corrected chi connectivity index (χ1v) is 7.43. The normalized spacial score (nSPS) is 15.6. The van der Waals surface area contributed by atoms with Crippen LogP contribution < -0.4 is 9.80 Å². The van der Waals surface area contributed by atoms with Crippen LogP contribution in [0.15, 0.2) is 59.1 Å². The molecule has 3 rings (SSSR count). The maximum atomic E-state index is 3.48. The zero-order valence-electron chi connectivity index (χ0n) is 10.8. The standard InChI is InChI=1S/C16H17BrN2/c17-14-6-8-16(9-7-14)19-12-10-18(11-13-19)15-4-2-1-3-5-15/h1-9H,10-13H2. The molecule has 1 aliphatic heterocycles. The third-order valence-electron chi connectivity index (χ3n) is 3.59. The molecule has 1 heterocycles. The Balaban J connectivity index is 1.65. The highest BCUT2D eigenvalue weighted by atomic mass is 79.9. The van der Waals surface area contributed by atoms with E-state index in [1.807, 2.05) is 0 Å². The van der Waals surface area contributed by atoms with Crippen molar-refractivity contribution in [1.29, 1.82) is 0 Å².